The molecular weight excluding hydrogens is 291 g/mol. The zero-order valence-corrected chi connectivity index (χ0v) is 12.6. The fourth-order valence-corrected chi connectivity index (χ4v) is 5.51. The molecule has 0 bridgehead atoms. The van der Waals surface area contributed by atoms with Crippen molar-refractivity contribution in [2.75, 3.05) is 0 Å². The number of rotatable bonds is 1. The first-order valence-electron chi connectivity index (χ1n) is 5.65. The average molecular weight is 309 g/mol. The molecule has 0 N–H and O–H groups in total. The second-order valence-corrected chi connectivity index (χ2v) is 19.9. The number of aryl methyl sites for hydroxylation is 1. The quantitative estimate of drug-likeness (QED) is 0.729. The first kappa shape index (κ1) is 11.2. The zero-order valence-electron chi connectivity index (χ0n) is 9.76. The van der Waals surface area contributed by atoms with Crippen molar-refractivity contribution >= 4 is 27.7 Å². The maximum atomic E-state index is 11.7. The van der Waals surface area contributed by atoms with E-state index in [0.29, 0.717) is 5.78 Å². The summed E-state index contributed by atoms with van der Waals surface area (Å²) in [6.45, 7) is 0. The number of benzene rings is 1. The van der Waals surface area contributed by atoms with Gasteiger partial charge in [0.05, 0.1) is 0 Å². The standard InChI is InChI=1S/C10H9O.3CH3.Sn/c11-10-7-3-5-8-4-1-2-6-9(8)10;;;;/h2,4,6H,3,5,7H2;3*1H3;. The first-order valence-corrected chi connectivity index (χ1v) is 15.6. The van der Waals surface area contributed by atoms with Gasteiger partial charge in [-0.1, -0.05) is 0 Å². The van der Waals surface area contributed by atoms with E-state index < -0.39 is 18.4 Å². The number of hydrogen-bond donors (Lipinski definition) is 0. The van der Waals surface area contributed by atoms with Gasteiger partial charge in [0.1, 0.15) is 0 Å². The van der Waals surface area contributed by atoms with Gasteiger partial charge in [-0.3, -0.25) is 0 Å². The van der Waals surface area contributed by atoms with Crippen LogP contribution in [0, 0.1) is 0 Å². The number of ketones is 1. The van der Waals surface area contributed by atoms with E-state index in [0.717, 1.165) is 24.8 Å². The van der Waals surface area contributed by atoms with Gasteiger partial charge in [-0.25, -0.2) is 0 Å². The van der Waals surface area contributed by atoms with Crippen LogP contribution in [0.5, 0.6) is 0 Å². The predicted octanol–water partition coefficient (Wildman–Crippen LogP) is 2.75. The molecule has 0 radical (unpaired) electrons. The van der Waals surface area contributed by atoms with Crippen molar-refractivity contribution in [1.29, 1.82) is 0 Å². The van der Waals surface area contributed by atoms with Gasteiger partial charge in [0, 0.05) is 0 Å². The SMILES string of the molecule is [CH3][Sn]([CH3])([CH3])[c]1ccc2c(c1)CCCC2=O. The Morgan fingerprint density at radius 3 is 2.53 bits per heavy atom. The third kappa shape index (κ3) is 2.27. The molecule has 0 saturated carbocycles. The molecule has 15 heavy (non-hydrogen) atoms. The van der Waals surface area contributed by atoms with Crippen molar-refractivity contribution in [3.8, 4) is 0 Å². The molecule has 0 fully saturated rings. The van der Waals surface area contributed by atoms with Gasteiger partial charge in [0.25, 0.3) is 0 Å². The number of fused-ring (bicyclic) bond motifs is 1. The molecule has 0 aliphatic heterocycles. The van der Waals surface area contributed by atoms with Gasteiger partial charge in [0.2, 0.25) is 0 Å². The second kappa shape index (κ2) is 3.93. The molecule has 1 aliphatic rings. The number of hydrogen-bond acceptors (Lipinski definition) is 1. The molecule has 1 aromatic carbocycles. The Morgan fingerprint density at radius 2 is 1.87 bits per heavy atom. The molecule has 1 aliphatic carbocycles. The third-order valence-corrected chi connectivity index (χ3v) is 8.95. The van der Waals surface area contributed by atoms with Crippen LogP contribution in [0.15, 0.2) is 18.2 Å². The van der Waals surface area contributed by atoms with Crippen LogP contribution in [0.3, 0.4) is 0 Å². The van der Waals surface area contributed by atoms with E-state index in [9.17, 15) is 4.79 Å². The summed E-state index contributed by atoms with van der Waals surface area (Å²) in [6, 6.07) is 6.56. The minimum absolute atomic E-state index is 0.340. The van der Waals surface area contributed by atoms with Gasteiger partial charge in [-0.15, -0.1) is 0 Å². The van der Waals surface area contributed by atoms with Gasteiger partial charge in [-0.2, -0.15) is 0 Å². The molecule has 0 unspecified atom stereocenters. The summed E-state index contributed by atoms with van der Waals surface area (Å²) in [7, 11) is 0. The summed E-state index contributed by atoms with van der Waals surface area (Å²) < 4.78 is 1.54. The van der Waals surface area contributed by atoms with E-state index in [1.807, 2.05) is 0 Å². The molecule has 1 nitrogen and oxygen atoms in total. The van der Waals surface area contributed by atoms with Crippen LogP contribution in [-0.2, 0) is 6.42 Å². The third-order valence-electron chi connectivity index (χ3n) is 3.12. The maximum absolute atomic E-state index is 11.7. The summed E-state index contributed by atoms with van der Waals surface area (Å²) in [5, 5.41) is 0. The summed E-state index contributed by atoms with van der Waals surface area (Å²) in [4.78, 5) is 18.9. The van der Waals surface area contributed by atoms with Gasteiger partial charge < -0.3 is 0 Å². The van der Waals surface area contributed by atoms with E-state index in [-0.39, 0.29) is 0 Å². The fraction of sp³-hybridized carbons (Fsp3) is 0.462. The van der Waals surface area contributed by atoms with E-state index >= 15 is 0 Å². The Balaban J connectivity index is 2.46. The van der Waals surface area contributed by atoms with Crippen molar-refractivity contribution < 1.29 is 4.79 Å². The van der Waals surface area contributed by atoms with Gasteiger partial charge in [0.15, 0.2) is 0 Å². The molecular formula is C13H18OSn. The predicted molar refractivity (Wildman–Crippen MR) is 66.7 cm³/mol. The molecule has 80 valence electrons. The number of carbonyl (C=O) groups excluding carboxylic acids is 1. The molecule has 0 aromatic heterocycles. The Labute approximate surface area is 95.8 Å². The van der Waals surface area contributed by atoms with Crippen LogP contribution >= 0.6 is 0 Å². The fourth-order valence-electron chi connectivity index (χ4n) is 2.11. The summed E-state index contributed by atoms with van der Waals surface area (Å²) in [5.41, 5.74) is 2.29. The Kier molecular flexibility index (Phi) is 2.93. The van der Waals surface area contributed by atoms with Crippen LogP contribution in [0.2, 0.25) is 14.8 Å². The molecule has 1 aromatic rings. The van der Waals surface area contributed by atoms with Crippen LogP contribution in [-0.4, -0.2) is 24.2 Å². The molecule has 2 heteroatoms. The molecule has 0 saturated heterocycles. The van der Waals surface area contributed by atoms with Crippen molar-refractivity contribution in [2.24, 2.45) is 0 Å². The van der Waals surface area contributed by atoms with Crippen LogP contribution in [0.4, 0.5) is 0 Å². The van der Waals surface area contributed by atoms with Crippen LogP contribution in [0.25, 0.3) is 0 Å². The second-order valence-electron chi connectivity index (χ2n) is 5.40. The molecule has 2 rings (SSSR count). The molecule has 0 amide bonds. The number of carbonyl (C=O) groups is 1. The van der Waals surface area contributed by atoms with Gasteiger partial charge >= 0.3 is 95.9 Å². The van der Waals surface area contributed by atoms with Crippen molar-refractivity contribution in [3.05, 3.63) is 29.3 Å². The normalized spacial score (nSPS) is 16.3. The van der Waals surface area contributed by atoms with Gasteiger partial charge in [-0.05, 0) is 0 Å². The van der Waals surface area contributed by atoms with Crippen molar-refractivity contribution in [3.63, 3.8) is 0 Å². The summed E-state index contributed by atoms with van der Waals surface area (Å²) in [5.74, 6) is 0.340. The molecule has 0 heterocycles. The summed E-state index contributed by atoms with van der Waals surface area (Å²) >= 11 is -1.94. The van der Waals surface area contributed by atoms with Crippen LogP contribution in [0.1, 0.15) is 28.8 Å². The Hall–Kier alpha value is -0.311. The van der Waals surface area contributed by atoms with E-state index in [2.05, 4.69) is 33.0 Å². The number of Topliss-reactive ketones (excluding diaryl/α,β-unsaturated/α-hetero) is 1. The van der Waals surface area contributed by atoms with E-state index in [4.69, 9.17) is 0 Å². The minimum atomic E-state index is -1.94. The molecule has 0 atom stereocenters. The van der Waals surface area contributed by atoms with E-state index in [1.54, 1.807) is 0 Å². The molecule has 0 spiro atoms. The topological polar surface area (TPSA) is 17.1 Å². The van der Waals surface area contributed by atoms with Crippen molar-refractivity contribution in [1.82, 2.24) is 0 Å². The van der Waals surface area contributed by atoms with E-state index in [1.165, 1.54) is 9.14 Å². The monoisotopic (exact) mass is 310 g/mol. The van der Waals surface area contributed by atoms with Crippen molar-refractivity contribution in [2.45, 2.75) is 34.1 Å². The summed E-state index contributed by atoms with van der Waals surface area (Å²) in [6.07, 6.45) is 2.87. The zero-order chi connectivity index (χ0) is 11.1. The van der Waals surface area contributed by atoms with Crippen LogP contribution < -0.4 is 3.58 Å². The average Bonchev–Trinajstić information content (AvgIpc) is 2.16. The first-order chi connectivity index (χ1) is 6.98. The Bertz CT molecular complexity index is 401. The Morgan fingerprint density at radius 1 is 1.13 bits per heavy atom.